The topological polar surface area (TPSA) is 69.4 Å². The number of aliphatic hydroxyl groups is 1. The quantitative estimate of drug-likeness (QED) is 0.446. The van der Waals surface area contributed by atoms with Crippen LogP contribution >= 0.6 is 46.6 Å². The Hall–Kier alpha value is -1.64. The van der Waals surface area contributed by atoms with Crippen molar-refractivity contribution in [3.8, 4) is 11.5 Å². The lowest BCUT2D eigenvalue weighted by molar-refractivity contribution is 0.126. The van der Waals surface area contributed by atoms with E-state index in [0.717, 1.165) is 0 Å². The summed E-state index contributed by atoms with van der Waals surface area (Å²) in [5.41, 5.74) is 0. The molecule has 0 fully saturated rings. The van der Waals surface area contributed by atoms with Gasteiger partial charge in [0, 0.05) is 22.8 Å². The number of ether oxygens (including phenoxy) is 2. The first kappa shape index (κ1) is 22.1. The highest BCUT2D eigenvalue weighted by Gasteiger charge is 2.14. The molecule has 0 aliphatic carbocycles. The number of rotatable bonds is 9. The maximum atomic E-state index is 10.2. The average Bonchev–Trinajstić information content (AvgIpc) is 3.05. The zero-order valence-corrected chi connectivity index (χ0v) is 18.5. The van der Waals surface area contributed by atoms with E-state index < -0.39 is 6.10 Å². The minimum absolute atomic E-state index is 0.0960. The third kappa shape index (κ3) is 6.42. The Labute approximate surface area is 187 Å². The van der Waals surface area contributed by atoms with Crippen LogP contribution < -0.4 is 9.47 Å². The SMILES string of the molecule is Cn1c(COc2ccc(Cl)cc2)nnc1SCC(O)COc1ccc(Cl)cc1Cl. The summed E-state index contributed by atoms with van der Waals surface area (Å²) in [5.74, 6) is 2.22. The fourth-order valence-electron chi connectivity index (χ4n) is 2.27. The second-order valence-corrected chi connectivity index (χ2v) is 8.32. The summed E-state index contributed by atoms with van der Waals surface area (Å²) in [6, 6.07) is 12.0. The van der Waals surface area contributed by atoms with Crippen molar-refractivity contribution in [2.24, 2.45) is 7.05 Å². The first-order chi connectivity index (χ1) is 13.9. The summed E-state index contributed by atoms with van der Waals surface area (Å²) < 4.78 is 13.1. The molecule has 0 bridgehead atoms. The van der Waals surface area contributed by atoms with Crippen molar-refractivity contribution in [2.75, 3.05) is 12.4 Å². The monoisotopic (exact) mass is 473 g/mol. The van der Waals surface area contributed by atoms with Crippen LogP contribution in [0, 0.1) is 0 Å². The van der Waals surface area contributed by atoms with Crippen LogP contribution in [-0.2, 0) is 13.7 Å². The smallest absolute Gasteiger partial charge is 0.191 e. The molecule has 6 nitrogen and oxygen atoms in total. The van der Waals surface area contributed by atoms with E-state index in [1.54, 1.807) is 42.5 Å². The van der Waals surface area contributed by atoms with E-state index >= 15 is 0 Å². The Morgan fingerprint density at radius 2 is 1.76 bits per heavy atom. The fourth-order valence-corrected chi connectivity index (χ4v) is 3.70. The van der Waals surface area contributed by atoms with Gasteiger partial charge in [-0.25, -0.2) is 0 Å². The first-order valence-corrected chi connectivity index (χ1v) is 10.7. The molecule has 3 rings (SSSR count). The molecule has 0 spiro atoms. The molecule has 1 atom stereocenters. The van der Waals surface area contributed by atoms with Crippen LogP contribution in [0.25, 0.3) is 0 Å². The molecule has 0 radical (unpaired) electrons. The van der Waals surface area contributed by atoms with Gasteiger partial charge in [-0.15, -0.1) is 10.2 Å². The lowest BCUT2D eigenvalue weighted by Crippen LogP contribution is -2.20. The van der Waals surface area contributed by atoms with Gasteiger partial charge in [0.15, 0.2) is 11.0 Å². The summed E-state index contributed by atoms with van der Waals surface area (Å²) in [6.07, 6.45) is -0.711. The van der Waals surface area contributed by atoms with Crippen LogP contribution in [0.2, 0.25) is 15.1 Å². The molecule has 2 aromatic carbocycles. The largest absolute Gasteiger partial charge is 0.489 e. The molecule has 29 heavy (non-hydrogen) atoms. The van der Waals surface area contributed by atoms with Crippen LogP contribution in [0.5, 0.6) is 11.5 Å². The zero-order valence-electron chi connectivity index (χ0n) is 15.4. The standard InChI is InChI=1S/C19H18Cl3N3O3S/c1-25-18(10-27-15-5-2-12(20)3-6-15)23-24-19(25)29-11-14(26)9-28-17-7-4-13(21)8-16(17)22/h2-8,14,26H,9-11H2,1H3. The normalized spacial score (nSPS) is 12.0. The van der Waals surface area contributed by atoms with Crippen molar-refractivity contribution in [1.82, 2.24) is 14.8 Å². The van der Waals surface area contributed by atoms with Gasteiger partial charge in [-0.3, -0.25) is 0 Å². The van der Waals surface area contributed by atoms with E-state index in [9.17, 15) is 5.11 Å². The fraction of sp³-hybridized carbons (Fsp3) is 0.263. The Balaban J connectivity index is 1.47. The number of halogens is 3. The molecule has 154 valence electrons. The maximum absolute atomic E-state index is 10.2. The van der Waals surface area contributed by atoms with Gasteiger partial charge < -0.3 is 19.1 Å². The molecule has 1 unspecified atom stereocenters. The summed E-state index contributed by atoms with van der Waals surface area (Å²) >= 11 is 19.1. The Morgan fingerprint density at radius 1 is 1.03 bits per heavy atom. The lowest BCUT2D eigenvalue weighted by atomic mass is 10.3. The van der Waals surface area contributed by atoms with E-state index in [1.165, 1.54) is 11.8 Å². The zero-order chi connectivity index (χ0) is 20.8. The third-order valence-corrected chi connectivity index (χ3v) is 5.78. The van der Waals surface area contributed by atoms with Crippen LogP contribution in [-0.4, -0.2) is 38.3 Å². The molecule has 0 amide bonds. The summed E-state index contributed by atoms with van der Waals surface area (Å²) in [6.45, 7) is 0.366. The highest BCUT2D eigenvalue weighted by molar-refractivity contribution is 7.99. The van der Waals surface area contributed by atoms with Gasteiger partial charge in [0.25, 0.3) is 0 Å². The van der Waals surface area contributed by atoms with E-state index in [1.807, 2.05) is 11.6 Å². The van der Waals surface area contributed by atoms with Gasteiger partial charge in [0.1, 0.15) is 24.7 Å². The highest BCUT2D eigenvalue weighted by Crippen LogP contribution is 2.28. The number of nitrogens with zero attached hydrogens (tertiary/aromatic N) is 3. The summed E-state index contributed by atoms with van der Waals surface area (Å²) in [7, 11) is 1.85. The van der Waals surface area contributed by atoms with E-state index in [4.69, 9.17) is 44.3 Å². The van der Waals surface area contributed by atoms with Crippen molar-refractivity contribution in [3.05, 3.63) is 63.4 Å². The second-order valence-electron chi connectivity index (χ2n) is 6.05. The van der Waals surface area contributed by atoms with Gasteiger partial charge in [0.05, 0.1) is 11.1 Å². The Morgan fingerprint density at radius 3 is 2.48 bits per heavy atom. The molecule has 1 heterocycles. The molecule has 1 aromatic heterocycles. The van der Waals surface area contributed by atoms with Crippen LogP contribution in [0.4, 0.5) is 0 Å². The average molecular weight is 475 g/mol. The second kappa shape index (κ2) is 10.4. The lowest BCUT2D eigenvalue weighted by Gasteiger charge is -2.13. The van der Waals surface area contributed by atoms with Crippen molar-refractivity contribution >= 4 is 46.6 Å². The predicted molar refractivity (Wildman–Crippen MR) is 115 cm³/mol. The van der Waals surface area contributed by atoms with Crippen molar-refractivity contribution in [3.63, 3.8) is 0 Å². The highest BCUT2D eigenvalue weighted by atomic mass is 35.5. The molecular weight excluding hydrogens is 457 g/mol. The summed E-state index contributed by atoms with van der Waals surface area (Å²) in [4.78, 5) is 0. The molecule has 0 aliphatic heterocycles. The Bertz CT molecular complexity index is 954. The number of thioether (sulfide) groups is 1. The van der Waals surface area contributed by atoms with Gasteiger partial charge >= 0.3 is 0 Å². The number of aliphatic hydroxyl groups excluding tert-OH is 1. The predicted octanol–water partition coefficient (Wildman–Crippen LogP) is 4.89. The maximum Gasteiger partial charge on any atom is 0.191 e. The number of hydrogen-bond donors (Lipinski definition) is 1. The molecular formula is C19H18Cl3N3O3S. The van der Waals surface area contributed by atoms with Gasteiger partial charge in [-0.2, -0.15) is 0 Å². The van der Waals surface area contributed by atoms with E-state index in [-0.39, 0.29) is 13.2 Å². The molecule has 0 aliphatic rings. The van der Waals surface area contributed by atoms with Crippen LogP contribution in [0.1, 0.15) is 5.82 Å². The molecule has 10 heteroatoms. The van der Waals surface area contributed by atoms with E-state index in [2.05, 4.69) is 10.2 Å². The van der Waals surface area contributed by atoms with Gasteiger partial charge in [-0.05, 0) is 42.5 Å². The van der Waals surface area contributed by atoms with Crippen molar-refractivity contribution < 1.29 is 14.6 Å². The van der Waals surface area contributed by atoms with Crippen LogP contribution in [0.15, 0.2) is 47.6 Å². The third-order valence-electron chi connectivity index (χ3n) is 3.84. The number of hydrogen-bond acceptors (Lipinski definition) is 6. The van der Waals surface area contributed by atoms with Gasteiger partial charge in [0.2, 0.25) is 0 Å². The molecule has 0 saturated heterocycles. The van der Waals surface area contributed by atoms with Crippen molar-refractivity contribution in [1.29, 1.82) is 0 Å². The van der Waals surface area contributed by atoms with Crippen LogP contribution in [0.3, 0.4) is 0 Å². The minimum atomic E-state index is -0.711. The minimum Gasteiger partial charge on any atom is -0.489 e. The van der Waals surface area contributed by atoms with Crippen molar-refractivity contribution in [2.45, 2.75) is 17.9 Å². The summed E-state index contributed by atoms with van der Waals surface area (Å²) in [5, 5.41) is 20.7. The van der Waals surface area contributed by atoms with Gasteiger partial charge in [-0.1, -0.05) is 46.6 Å². The molecule has 1 N–H and O–H groups in total. The van der Waals surface area contributed by atoms with E-state index in [0.29, 0.717) is 43.3 Å². The number of aromatic nitrogens is 3. The molecule has 0 saturated carbocycles. The number of benzene rings is 2. The first-order valence-electron chi connectivity index (χ1n) is 8.57. The Kier molecular flexibility index (Phi) is 7.91. The molecule has 3 aromatic rings.